The number of nitrogens with one attached hydrogen (secondary N) is 1. The highest BCUT2D eigenvalue weighted by Crippen LogP contribution is 2.31. The highest BCUT2D eigenvalue weighted by atomic mass is 15.2. The second-order valence-electron chi connectivity index (χ2n) is 6.06. The van der Waals surface area contributed by atoms with Gasteiger partial charge in [-0.15, -0.1) is 0 Å². The summed E-state index contributed by atoms with van der Waals surface area (Å²) in [5.74, 6) is 0.920. The van der Waals surface area contributed by atoms with E-state index in [9.17, 15) is 0 Å². The molecule has 0 saturated heterocycles. The first-order valence-corrected chi connectivity index (χ1v) is 7.64. The van der Waals surface area contributed by atoms with E-state index in [0.29, 0.717) is 6.04 Å². The minimum absolute atomic E-state index is 0.490. The molecule has 0 bridgehead atoms. The average molecular weight is 260 g/mol. The lowest BCUT2D eigenvalue weighted by atomic mass is 9.86. The van der Waals surface area contributed by atoms with Crippen LogP contribution in [0.2, 0.25) is 0 Å². The van der Waals surface area contributed by atoms with Crippen LogP contribution >= 0.6 is 0 Å². The van der Waals surface area contributed by atoms with E-state index in [0.717, 1.165) is 18.5 Å². The Labute approximate surface area is 118 Å². The molecule has 0 aromatic heterocycles. The molecule has 106 valence electrons. The normalized spacial score (nSPS) is 25.5. The molecule has 1 aliphatic carbocycles. The van der Waals surface area contributed by atoms with Gasteiger partial charge in [0, 0.05) is 18.6 Å². The van der Waals surface area contributed by atoms with Crippen molar-refractivity contribution in [1.82, 2.24) is 10.2 Å². The first-order chi connectivity index (χ1) is 9.22. The molecule has 19 heavy (non-hydrogen) atoms. The summed E-state index contributed by atoms with van der Waals surface area (Å²) in [4.78, 5) is 2.59. The second kappa shape index (κ2) is 7.06. The van der Waals surface area contributed by atoms with Crippen molar-refractivity contribution in [3.63, 3.8) is 0 Å². The van der Waals surface area contributed by atoms with E-state index in [2.05, 4.69) is 54.5 Å². The Hall–Kier alpha value is -0.860. The molecular weight excluding hydrogens is 232 g/mol. The van der Waals surface area contributed by atoms with E-state index in [1.54, 1.807) is 0 Å². The molecule has 1 N–H and O–H groups in total. The van der Waals surface area contributed by atoms with E-state index in [4.69, 9.17) is 0 Å². The molecule has 1 aromatic carbocycles. The van der Waals surface area contributed by atoms with Crippen LogP contribution in [0.3, 0.4) is 0 Å². The van der Waals surface area contributed by atoms with Crippen molar-refractivity contribution in [3.05, 3.63) is 35.9 Å². The van der Waals surface area contributed by atoms with Crippen molar-refractivity contribution < 1.29 is 0 Å². The minimum Gasteiger partial charge on any atom is -0.318 e. The molecule has 0 spiro atoms. The van der Waals surface area contributed by atoms with Crippen LogP contribution in [0, 0.1) is 5.92 Å². The topological polar surface area (TPSA) is 15.3 Å². The highest BCUT2D eigenvalue weighted by molar-refractivity contribution is 5.19. The second-order valence-corrected chi connectivity index (χ2v) is 6.06. The molecule has 0 amide bonds. The third-order valence-corrected chi connectivity index (χ3v) is 4.63. The largest absolute Gasteiger partial charge is 0.318 e. The van der Waals surface area contributed by atoms with Crippen molar-refractivity contribution in [2.24, 2.45) is 5.92 Å². The molecule has 0 aliphatic heterocycles. The average Bonchev–Trinajstić information content (AvgIpc) is 2.46. The number of nitrogens with zero attached hydrogens (tertiary/aromatic N) is 1. The summed E-state index contributed by atoms with van der Waals surface area (Å²) in [6, 6.07) is 12.1. The first kappa shape index (κ1) is 14.5. The summed E-state index contributed by atoms with van der Waals surface area (Å²) in [6.45, 7) is 3.41. The van der Waals surface area contributed by atoms with Gasteiger partial charge in [-0.05, 0) is 51.3 Å². The molecule has 1 unspecified atom stereocenters. The van der Waals surface area contributed by atoms with E-state index >= 15 is 0 Å². The van der Waals surface area contributed by atoms with Gasteiger partial charge in [-0.2, -0.15) is 0 Å². The van der Waals surface area contributed by atoms with Crippen molar-refractivity contribution in [2.75, 3.05) is 20.6 Å². The summed E-state index contributed by atoms with van der Waals surface area (Å²) in [7, 11) is 4.35. The standard InChI is InChI=1S/C17H28N2/c1-14-9-11-16(12-10-14)19(3)17(13-18-2)15-7-5-4-6-8-15/h4-8,14,16-18H,9-13H2,1-3H3. The maximum Gasteiger partial charge on any atom is 0.0472 e. The Morgan fingerprint density at radius 2 is 1.79 bits per heavy atom. The summed E-state index contributed by atoms with van der Waals surface area (Å²) < 4.78 is 0. The summed E-state index contributed by atoms with van der Waals surface area (Å²) in [6.07, 6.45) is 5.47. The lowest BCUT2D eigenvalue weighted by molar-refractivity contribution is 0.122. The zero-order valence-corrected chi connectivity index (χ0v) is 12.6. The summed E-state index contributed by atoms with van der Waals surface area (Å²) in [5, 5.41) is 3.35. The predicted molar refractivity (Wildman–Crippen MR) is 82.3 cm³/mol. The summed E-state index contributed by atoms with van der Waals surface area (Å²) >= 11 is 0. The van der Waals surface area contributed by atoms with E-state index < -0.39 is 0 Å². The van der Waals surface area contributed by atoms with E-state index in [-0.39, 0.29) is 0 Å². The van der Waals surface area contributed by atoms with Crippen molar-refractivity contribution in [1.29, 1.82) is 0 Å². The van der Waals surface area contributed by atoms with Crippen LogP contribution in [0.4, 0.5) is 0 Å². The molecular formula is C17H28N2. The Morgan fingerprint density at radius 3 is 2.37 bits per heavy atom. The molecule has 1 atom stereocenters. The molecule has 0 heterocycles. The molecule has 1 aromatic rings. The van der Waals surface area contributed by atoms with E-state index in [1.807, 2.05) is 7.05 Å². The molecule has 1 aliphatic rings. The minimum atomic E-state index is 0.490. The van der Waals surface area contributed by atoms with Gasteiger partial charge >= 0.3 is 0 Å². The van der Waals surface area contributed by atoms with Crippen LogP contribution in [-0.2, 0) is 0 Å². The Bertz CT molecular complexity index is 355. The van der Waals surface area contributed by atoms with Gasteiger partial charge in [0.25, 0.3) is 0 Å². The van der Waals surface area contributed by atoms with Gasteiger partial charge < -0.3 is 5.32 Å². The Kier molecular flexibility index (Phi) is 5.41. The molecule has 2 nitrogen and oxygen atoms in total. The van der Waals surface area contributed by atoms with Gasteiger partial charge in [-0.1, -0.05) is 37.3 Å². The quantitative estimate of drug-likeness (QED) is 0.872. The number of likely N-dealkylation sites (N-methyl/N-ethyl adjacent to an activating group) is 2. The highest BCUT2D eigenvalue weighted by Gasteiger charge is 2.26. The summed E-state index contributed by atoms with van der Waals surface area (Å²) in [5.41, 5.74) is 1.43. The fourth-order valence-electron chi connectivity index (χ4n) is 3.27. The molecule has 1 fully saturated rings. The van der Waals surface area contributed by atoms with Gasteiger partial charge in [0.15, 0.2) is 0 Å². The predicted octanol–water partition coefficient (Wildman–Crippen LogP) is 3.46. The number of hydrogen-bond donors (Lipinski definition) is 1. The maximum absolute atomic E-state index is 3.35. The van der Waals surface area contributed by atoms with E-state index in [1.165, 1.54) is 31.2 Å². The third kappa shape index (κ3) is 3.80. The van der Waals surface area contributed by atoms with Crippen molar-refractivity contribution in [3.8, 4) is 0 Å². The van der Waals surface area contributed by atoms with Gasteiger partial charge in [0.1, 0.15) is 0 Å². The molecule has 1 saturated carbocycles. The SMILES string of the molecule is CNCC(c1ccccc1)N(C)C1CCC(C)CC1. The fourth-order valence-corrected chi connectivity index (χ4v) is 3.27. The molecule has 0 radical (unpaired) electrons. The number of benzene rings is 1. The van der Waals surface area contributed by atoms with Gasteiger partial charge in [0.05, 0.1) is 0 Å². The smallest absolute Gasteiger partial charge is 0.0472 e. The van der Waals surface area contributed by atoms with Crippen LogP contribution < -0.4 is 5.32 Å². The van der Waals surface area contributed by atoms with Gasteiger partial charge in [0.2, 0.25) is 0 Å². The monoisotopic (exact) mass is 260 g/mol. The lowest BCUT2D eigenvalue weighted by Crippen LogP contribution is -2.41. The van der Waals surface area contributed by atoms with Crippen LogP contribution in [-0.4, -0.2) is 31.6 Å². The van der Waals surface area contributed by atoms with Crippen LogP contribution in [0.15, 0.2) is 30.3 Å². The van der Waals surface area contributed by atoms with Crippen molar-refractivity contribution >= 4 is 0 Å². The fraction of sp³-hybridized carbons (Fsp3) is 0.647. The molecule has 2 rings (SSSR count). The number of hydrogen-bond acceptors (Lipinski definition) is 2. The van der Waals surface area contributed by atoms with Crippen LogP contribution in [0.1, 0.15) is 44.2 Å². The third-order valence-electron chi connectivity index (χ3n) is 4.63. The van der Waals surface area contributed by atoms with Crippen LogP contribution in [0.5, 0.6) is 0 Å². The van der Waals surface area contributed by atoms with Gasteiger partial charge in [-0.25, -0.2) is 0 Å². The van der Waals surface area contributed by atoms with Crippen molar-refractivity contribution in [2.45, 2.75) is 44.7 Å². The lowest BCUT2D eigenvalue weighted by Gasteiger charge is -2.39. The molecule has 2 heteroatoms. The Morgan fingerprint density at radius 1 is 1.16 bits per heavy atom. The maximum atomic E-state index is 3.35. The zero-order valence-electron chi connectivity index (χ0n) is 12.6. The number of rotatable bonds is 5. The Balaban J connectivity index is 2.06. The van der Waals surface area contributed by atoms with Gasteiger partial charge in [-0.3, -0.25) is 4.90 Å². The zero-order chi connectivity index (χ0) is 13.7. The first-order valence-electron chi connectivity index (χ1n) is 7.64. The van der Waals surface area contributed by atoms with Crippen LogP contribution in [0.25, 0.3) is 0 Å².